The fraction of sp³-hybridized carbons (Fsp3) is 0.0909. The van der Waals surface area contributed by atoms with Crippen LogP contribution in [-0.4, -0.2) is 11.9 Å². The second kappa shape index (κ2) is 8.74. The van der Waals surface area contributed by atoms with Crippen molar-refractivity contribution in [1.82, 2.24) is 0 Å². The largest absolute Gasteiger partial charge is 0.419 e. The summed E-state index contributed by atoms with van der Waals surface area (Å²) in [5, 5.41) is 0. The van der Waals surface area contributed by atoms with Crippen LogP contribution >= 0.6 is 0 Å². The summed E-state index contributed by atoms with van der Waals surface area (Å²) >= 11 is 0. The van der Waals surface area contributed by atoms with Crippen molar-refractivity contribution in [2.24, 2.45) is 0 Å². The van der Waals surface area contributed by atoms with Gasteiger partial charge in [0.05, 0.1) is 22.3 Å². The average Bonchev–Trinajstić information content (AvgIpc) is 2.74. The van der Waals surface area contributed by atoms with Gasteiger partial charge in [-0.05, 0) is 36.4 Å². The highest BCUT2D eigenvalue weighted by Gasteiger charge is 2.37. The molecule has 3 rings (SSSR count). The Balaban J connectivity index is 1.89. The summed E-state index contributed by atoms with van der Waals surface area (Å²) in [5.41, 5.74) is -4.05. The molecular formula is C22H12F6O4. The number of hydrogen-bond donors (Lipinski definition) is 0. The molecule has 0 aromatic heterocycles. The van der Waals surface area contributed by atoms with E-state index in [4.69, 9.17) is 9.47 Å². The van der Waals surface area contributed by atoms with Crippen LogP contribution in [0.25, 0.3) is 0 Å². The quantitative estimate of drug-likeness (QED) is 0.269. The van der Waals surface area contributed by atoms with Crippen molar-refractivity contribution in [3.63, 3.8) is 0 Å². The number of para-hydroxylation sites is 2. The van der Waals surface area contributed by atoms with Crippen LogP contribution in [0.1, 0.15) is 31.8 Å². The first kappa shape index (κ1) is 22.9. The van der Waals surface area contributed by atoms with Crippen molar-refractivity contribution >= 4 is 11.9 Å². The van der Waals surface area contributed by atoms with Gasteiger partial charge in [-0.3, -0.25) is 0 Å². The van der Waals surface area contributed by atoms with Crippen molar-refractivity contribution in [2.45, 2.75) is 12.4 Å². The van der Waals surface area contributed by atoms with Gasteiger partial charge < -0.3 is 9.47 Å². The summed E-state index contributed by atoms with van der Waals surface area (Å²) in [6.07, 6.45) is -9.66. The highest BCUT2D eigenvalue weighted by atomic mass is 19.4. The van der Waals surface area contributed by atoms with Crippen LogP contribution in [0.2, 0.25) is 0 Å². The first-order chi connectivity index (χ1) is 15.0. The summed E-state index contributed by atoms with van der Waals surface area (Å²) in [6.45, 7) is 0. The zero-order chi connectivity index (χ0) is 23.5. The van der Waals surface area contributed by atoms with Gasteiger partial charge in [-0.25, -0.2) is 9.59 Å². The number of carbonyl (C=O) groups excluding carboxylic acids is 2. The molecule has 10 heteroatoms. The molecule has 3 aromatic carbocycles. The minimum absolute atomic E-state index is 0.452. The van der Waals surface area contributed by atoms with Crippen molar-refractivity contribution in [3.8, 4) is 11.5 Å². The van der Waals surface area contributed by atoms with Gasteiger partial charge >= 0.3 is 24.3 Å². The predicted molar refractivity (Wildman–Crippen MR) is 99.2 cm³/mol. The van der Waals surface area contributed by atoms with E-state index in [0.717, 1.165) is 36.4 Å². The highest BCUT2D eigenvalue weighted by Crippen LogP contribution is 2.35. The first-order valence-corrected chi connectivity index (χ1v) is 8.84. The number of ether oxygens (including phenoxy) is 2. The lowest BCUT2D eigenvalue weighted by Crippen LogP contribution is -2.19. The molecule has 0 atom stereocenters. The highest BCUT2D eigenvalue weighted by molar-refractivity contribution is 5.95. The van der Waals surface area contributed by atoms with Crippen LogP contribution in [0.4, 0.5) is 26.3 Å². The summed E-state index contributed by atoms with van der Waals surface area (Å²) in [7, 11) is 0. The zero-order valence-corrected chi connectivity index (χ0v) is 15.8. The molecule has 4 nitrogen and oxygen atoms in total. The van der Waals surface area contributed by atoms with Crippen LogP contribution in [0.15, 0.2) is 72.8 Å². The summed E-state index contributed by atoms with van der Waals surface area (Å²) in [5.74, 6) is -3.69. The zero-order valence-electron chi connectivity index (χ0n) is 15.8. The maximum Gasteiger partial charge on any atom is 0.417 e. The standard InChI is InChI=1S/C22H12F6O4/c23-21(24,25)15-9-3-1-7-13(15)19(29)31-17-11-5-6-12-18(17)32-20(30)14-8-2-4-10-16(14)22(26,27)28/h1-12H. The van der Waals surface area contributed by atoms with E-state index in [1.807, 2.05) is 0 Å². The minimum Gasteiger partial charge on any atom is -0.419 e. The van der Waals surface area contributed by atoms with Crippen molar-refractivity contribution in [2.75, 3.05) is 0 Å². The van der Waals surface area contributed by atoms with Gasteiger partial charge in [0.1, 0.15) is 0 Å². The third kappa shape index (κ3) is 5.08. The number of benzene rings is 3. The Kier molecular flexibility index (Phi) is 6.24. The van der Waals surface area contributed by atoms with Crippen LogP contribution in [0.3, 0.4) is 0 Å². The van der Waals surface area contributed by atoms with Gasteiger partial charge in [0.2, 0.25) is 0 Å². The van der Waals surface area contributed by atoms with Crippen molar-refractivity contribution in [1.29, 1.82) is 0 Å². The SMILES string of the molecule is O=C(Oc1ccccc1OC(=O)c1ccccc1C(F)(F)F)c1ccccc1C(F)(F)F. The molecule has 0 bridgehead atoms. The Hall–Kier alpha value is -3.82. The second-order valence-corrected chi connectivity index (χ2v) is 6.31. The third-order valence-corrected chi connectivity index (χ3v) is 4.16. The number of halogens is 6. The molecular weight excluding hydrogens is 442 g/mol. The van der Waals surface area contributed by atoms with E-state index in [9.17, 15) is 35.9 Å². The summed E-state index contributed by atoms with van der Waals surface area (Å²) in [6, 6.07) is 12.7. The molecule has 0 fully saturated rings. The molecule has 32 heavy (non-hydrogen) atoms. The van der Waals surface area contributed by atoms with E-state index >= 15 is 0 Å². The summed E-state index contributed by atoms with van der Waals surface area (Å²) in [4.78, 5) is 24.7. The van der Waals surface area contributed by atoms with Gasteiger partial charge in [0.25, 0.3) is 0 Å². The van der Waals surface area contributed by atoms with Crippen molar-refractivity contribution < 1.29 is 45.4 Å². The first-order valence-electron chi connectivity index (χ1n) is 8.84. The molecule has 0 N–H and O–H groups in total. The molecule has 0 unspecified atom stereocenters. The Morgan fingerprint density at radius 1 is 0.531 bits per heavy atom. The second-order valence-electron chi connectivity index (χ2n) is 6.31. The van der Waals surface area contributed by atoms with Gasteiger partial charge in [0.15, 0.2) is 11.5 Å². The molecule has 0 aliphatic heterocycles. The third-order valence-electron chi connectivity index (χ3n) is 4.16. The molecule has 0 amide bonds. The Morgan fingerprint density at radius 2 is 0.844 bits per heavy atom. The maximum atomic E-state index is 13.2. The van der Waals surface area contributed by atoms with Gasteiger partial charge in [-0.1, -0.05) is 36.4 Å². The molecule has 0 aliphatic carbocycles. The van der Waals surface area contributed by atoms with Crippen LogP contribution < -0.4 is 9.47 Å². The fourth-order valence-electron chi connectivity index (χ4n) is 2.75. The van der Waals surface area contributed by atoms with Crippen LogP contribution in [0, 0.1) is 0 Å². The minimum atomic E-state index is -4.83. The normalized spacial score (nSPS) is 11.7. The van der Waals surface area contributed by atoms with E-state index in [-0.39, 0.29) is 0 Å². The number of alkyl halides is 6. The lowest BCUT2D eigenvalue weighted by atomic mass is 10.1. The molecule has 0 radical (unpaired) electrons. The van der Waals surface area contributed by atoms with Gasteiger partial charge in [-0.15, -0.1) is 0 Å². The number of rotatable bonds is 4. The van der Waals surface area contributed by atoms with Gasteiger partial charge in [-0.2, -0.15) is 26.3 Å². The van der Waals surface area contributed by atoms with Crippen LogP contribution in [0.5, 0.6) is 11.5 Å². The van der Waals surface area contributed by atoms with E-state index in [1.165, 1.54) is 24.3 Å². The smallest absolute Gasteiger partial charge is 0.417 e. The fourth-order valence-corrected chi connectivity index (χ4v) is 2.75. The molecule has 0 saturated heterocycles. The average molecular weight is 454 g/mol. The predicted octanol–water partition coefficient (Wildman–Crippen LogP) is 6.16. The van der Waals surface area contributed by atoms with E-state index in [2.05, 4.69) is 0 Å². The summed E-state index contributed by atoms with van der Waals surface area (Å²) < 4.78 is 88.8. The number of esters is 2. The number of carbonyl (C=O) groups is 2. The molecule has 0 heterocycles. The molecule has 0 spiro atoms. The van der Waals surface area contributed by atoms with Gasteiger partial charge in [0, 0.05) is 0 Å². The van der Waals surface area contributed by atoms with Crippen LogP contribution in [-0.2, 0) is 12.4 Å². The Morgan fingerprint density at radius 3 is 1.19 bits per heavy atom. The lowest BCUT2D eigenvalue weighted by molar-refractivity contribution is -0.138. The molecule has 3 aromatic rings. The lowest BCUT2D eigenvalue weighted by Gasteiger charge is -2.15. The number of hydrogen-bond acceptors (Lipinski definition) is 4. The monoisotopic (exact) mass is 454 g/mol. The van der Waals surface area contributed by atoms with Crippen molar-refractivity contribution in [3.05, 3.63) is 95.1 Å². The Bertz CT molecular complexity index is 1060. The maximum absolute atomic E-state index is 13.2. The topological polar surface area (TPSA) is 52.6 Å². The molecule has 0 saturated carbocycles. The van der Waals surface area contributed by atoms with E-state index < -0.39 is 58.0 Å². The Labute approximate surface area is 177 Å². The molecule has 166 valence electrons. The van der Waals surface area contributed by atoms with E-state index in [1.54, 1.807) is 0 Å². The van der Waals surface area contributed by atoms with E-state index in [0.29, 0.717) is 12.1 Å². The molecule has 0 aliphatic rings.